The average Bonchev–Trinajstić information content (AvgIpc) is 3.00. The van der Waals surface area contributed by atoms with Crippen LogP contribution in [0.2, 0.25) is 5.02 Å². The molecule has 1 aromatic heterocycles. The van der Waals surface area contributed by atoms with E-state index in [2.05, 4.69) is 9.88 Å². The Balaban J connectivity index is 1.55. The first-order chi connectivity index (χ1) is 11.5. The van der Waals surface area contributed by atoms with E-state index in [1.807, 2.05) is 17.8 Å². The minimum absolute atomic E-state index is 0.256. The predicted octanol–water partition coefficient (Wildman–Crippen LogP) is 1.45. The molecular weight excluding hydrogens is 328 g/mol. The van der Waals surface area contributed by atoms with Crippen molar-refractivity contribution in [3.05, 3.63) is 53.1 Å². The number of carbonyl (C=O) groups excluding carboxylic acids is 1. The van der Waals surface area contributed by atoms with Crippen LogP contribution in [-0.4, -0.2) is 56.5 Å². The van der Waals surface area contributed by atoms with Crippen molar-refractivity contribution in [2.75, 3.05) is 26.2 Å². The van der Waals surface area contributed by atoms with Crippen molar-refractivity contribution < 1.29 is 9.90 Å². The maximum absolute atomic E-state index is 12.5. The van der Waals surface area contributed by atoms with E-state index in [4.69, 9.17) is 11.6 Å². The molecule has 128 valence electrons. The van der Waals surface area contributed by atoms with Gasteiger partial charge in [0.2, 0.25) is 0 Å². The van der Waals surface area contributed by atoms with Gasteiger partial charge in [0, 0.05) is 50.6 Å². The van der Waals surface area contributed by atoms with Crippen LogP contribution < -0.4 is 0 Å². The molecule has 3 rings (SSSR count). The Kier molecular flexibility index (Phi) is 5.18. The first kappa shape index (κ1) is 17.0. The van der Waals surface area contributed by atoms with Crippen molar-refractivity contribution in [3.63, 3.8) is 0 Å². The summed E-state index contributed by atoms with van der Waals surface area (Å²) >= 11 is 5.84. The first-order valence-electron chi connectivity index (χ1n) is 7.95. The molecule has 1 N–H and O–H groups in total. The number of aryl methyl sites for hydroxylation is 1. The van der Waals surface area contributed by atoms with Crippen molar-refractivity contribution in [2.24, 2.45) is 7.05 Å². The normalized spacial score (nSPS) is 17.0. The van der Waals surface area contributed by atoms with Gasteiger partial charge in [0.1, 0.15) is 5.82 Å². The molecule has 1 aromatic carbocycles. The number of aliphatic hydroxyl groups is 1. The summed E-state index contributed by atoms with van der Waals surface area (Å²) < 4.78 is 2.00. The summed E-state index contributed by atoms with van der Waals surface area (Å²) in [4.78, 5) is 20.8. The van der Waals surface area contributed by atoms with Crippen LogP contribution in [0.15, 0.2) is 36.7 Å². The summed E-state index contributed by atoms with van der Waals surface area (Å²) in [5, 5.41) is 10.9. The summed E-state index contributed by atoms with van der Waals surface area (Å²) in [6.07, 6.45) is 2.58. The molecule has 0 bridgehead atoms. The molecule has 2 heterocycles. The molecule has 1 saturated heterocycles. The number of benzene rings is 1. The molecule has 1 aliphatic heterocycles. The summed E-state index contributed by atoms with van der Waals surface area (Å²) in [5.41, 5.74) is 0.569. The molecule has 2 aromatic rings. The van der Waals surface area contributed by atoms with Gasteiger partial charge in [-0.15, -0.1) is 0 Å². The molecule has 0 spiro atoms. The number of carbonyl (C=O) groups is 1. The van der Waals surface area contributed by atoms with Crippen molar-refractivity contribution in [3.8, 4) is 0 Å². The lowest BCUT2D eigenvalue weighted by molar-refractivity contribution is -0.142. The van der Waals surface area contributed by atoms with Crippen LogP contribution in [0.1, 0.15) is 17.5 Å². The van der Waals surface area contributed by atoms with Gasteiger partial charge in [-0.2, -0.15) is 0 Å². The summed E-state index contributed by atoms with van der Waals surface area (Å²) in [7, 11) is 1.98. The van der Waals surface area contributed by atoms with Crippen LogP contribution in [0.3, 0.4) is 0 Å². The van der Waals surface area contributed by atoms with Crippen LogP contribution in [0.25, 0.3) is 0 Å². The SMILES string of the molecule is Cn1ccnc1CN1CCN(C(=O)[C@H](O)c2ccc(Cl)cc2)CC1. The van der Waals surface area contributed by atoms with Gasteiger partial charge in [-0.3, -0.25) is 9.69 Å². The van der Waals surface area contributed by atoms with E-state index in [0.29, 0.717) is 23.7 Å². The quantitative estimate of drug-likeness (QED) is 0.908. The van der Waals surface area contributed by atoms with E-state index in [0.717, 1.165) is 25.5 Å². The second-order valence-electron chi connectivity index (χ2n) is 6.01. The predicted molar refractivity (Wildman–Crippen MR) is 91.5 cm³/mol. The maximum Gasteiger partial charge on any atom is 0.256 e. The Morgan fingerprint density at radius 1 is 1.25 bits per heavy atom. The second kappa shape index (κ2) is 7.34. The van der Waals surface area contributed by atoms with Crippen molar-refractivity contribution >= 4 is 17.5 Å². The molecule has 1 amide bonds. The van der Waals surface area contributed by atoms with Gasteiger partial charge >= 0.3 is 0 Å². The average molecular weight is 349 g/mol. The van der Waals surface area contributed by atoms with E-state index in [1.165, 1.54) is 0 Å². The lowest BCUT2D eigenvalue weighted by Crippen LogP contribution is -2.49. The van der Waals surface area contributed by atoms with Crippen molar-refractivity contribution in [2.45, 2.75) is 12.6 Å². The minimum Gasteiger partial charge on any atom is -0.378 e. The molecule has 0 radical (unpaired) electrons. The van der Waals surface area contributed by atoms with Gasteiger partial charge in [0.15, 0.2) is 6.10 Å². The molecule has 0 unspecified atom stereocenters. The molecule has 1 fully saturated rings. The lowest BCUT2D eigenvalue weighted by Gasteiger charge is -2.35. The largest absolute Gasteiger partial charge is 0.378 e. The maximum atomic E-state index is 12.5. The third kappa shape index (κ3) is 3.77. The molecule has 0 aliphatic carbocycles. The zero-order valence-electron chi connectivity index (χ0n) is 13.6. The van der Waals surface area contributed by atoms with Crippen LogP contribution in [-0.2, 0) is 18.4 Å². The van der Waals surface area contributed by atoms with E-state index < -0.39 is 6.10 Å². The third-order valence-electron chi connectivity index (χ3n) is 4.39. The van der Waals surface area contributed by atoms with E-state index in [1.54, 1.807) is 35.4 Å². The van der Waals surface area contributed by atoms with Gasteiger partial charge in [-0.05, 0) is 17.7 Å². The fourth-order valence-electron chi connectivity index (χ4n) is 2.84. The number of aliphatic hydroxyl groups excluding tert-OH is 1. The molecule has 0 saturated carbocycles. The molecular formula is C17H21ClN4O2. The third-order valence-corrected chi connectivity index (χ3v) is 4.64. The van der Waals surface area contributed by atoms with Crippen molar-refractivity contribution in [1.82, 2.24) is 19.4 Å². The number of aromatic nitrogens is 2. The number of piperazine rings is 1. The van der Waals surface area contributed by atoms with E-state index in [9.17, 15) is 9.90 Å². The zero-order valence-corrected chi connectivity index (χ0v) is 14.4. The van der Waals surface area contributed by atoms with Gasteiger partial charge in [0.25, 0.3) is 5.91 Å². The highest BCUT2D eigenvalue weighted by atomic mass is 35.5. The summed E-state index contributed by atoms with van der Waals surface area (Å²) in [5.74, 6) is 0.755. The second-order valence-corrected chi connectivity index (χ2v) is 6.45. The number of imidazole rings is 1. The monoisotopic (exact) mass is 348 g/mol. The zero-order chi connectivity index (χ0) is 17.1. The van der Waals surface area contributed by atoms with Gasteiger partial charge < -0.3 is 14.6 Å². The first-order valence-corrected chi connectivity index (χ1v) is 8.33. The minimum atomic E-state index is -1.14. The number of hydrogen-bond donors (Lipinski definition) is 1. The highest BCUT2D eigenvalue weighted by Crippen LogP contribution is 2.19. The van der Waals surface area contributed by atoms with Gasteiger partial charge in [-0.1, -0.05) is 23.7 Å². The van der Waals surface area contributed by atoms with Gasteiger partial charge in [-0.25, -0.2) is 4.98 Å². The van der Waals surface area contributed by atoms with E-state index >= 15 is 0 Å². The standard InChI is InChI=1S/C17H21ClN4O2/c1-20-7-6-19-15(20)12-21-8-10-22(11-9-21)17(24)16(23)13-2-4-14(18)5-3-13/h2-7,16,23H,8-12H2,1H3/t16-/m1/s1. The molecule has 24 heavy (non-hydrogen) atoms. The number of halogens is 1. The van der Waals surface area contributed by atoms with Gasteiger partial charge in [0.05, 0.1) is 6.54 Å². The van der Waals surface area contributed by atoms with Crippen LogP contribution >= 0.6 is 11.6 Å². The Labute approximate surface area is 146 Å². The topological polar surface area (TPSA) is 61.6 Å². The lowest BCUT2D eigenvalue weighted by atomic mass is 10.1. The summed E-state index contributed by atoms with van der Waals surface area (Å²) in [6.45, 7) is 3.52. The Bertz CT molecular complexity index is 693. The highest BCUT2D eigenvalue weighted by Gasteiger charge is 2.27. The molecule has 1 aliphatic rings. The molecule has 6 nitrogen and oxygen atoms in total. The van der Waals surface area contributed by atoms with Crippen LogP contribution in [0.5, 0.6) is 0 Å². The fourth-order valence-corrected chi connectivity index (χ4v) is 2.96. The fraction of sp³-hybridized carbons (Fsp3) is 0.412. The molecule has 1 atom stereocenters. The Morgan fingerprint density at radius 3 is 2.50 bits per heavy atom. The molecule has 7 heteroatoms. The van der Waals surface area contributed by atoms with Crippen LogP contribution in [0.4, 0.5) is 0 Å². The van der Waals surface area contributed by atoms with E-state index in [-0.39, 0.29) is 5.91 Å². The van der Waals surface area contributed by atoms with Crippen molar-refractivity contribution in [1.29, 1.82) is 0 Å². The number of hydrogen-bond acceptors (Lipinski definition) is 4. The Hall–Kier alpha value is -1.89. The summed E-state index contributed by atoms with van der Waals surface area (Å²) in [6, 6.07) is 6.72. The number of nitrogens with zero attached hydrogens (tertiary/aromatic N) is 4. The highest BCUT2D eigenvalue weighted by molar-refractivity contribution is 6.30. The van der Waals surface area contributed by atoms with Crippen LogP contribution in [0, 0.1) is 0 Å². The number of rotatable bonds is 4. The Morgan fingerprint density at radius 2 is 1.92 bits per heavy atom. The smallest absolute Gasteiger partial charge is 0.256 e. The number of amides is 1.